The van der Waals surface area contributed by atoms with Crippen LogP contribution in [0.15, 0.2) is 0 Å². The van der Waals surface area contributed by atoms with Gasteiger partial charge in [0.25, 0.3) is 0 Å². The third kappa shape index (κ3) is 3.86. The fraction of sp³-hybridized carbons (Fsp3) is 1.00. The lowest BCUT2D eigenvalue weighted by atomic mass is 10.1. The van der Waals surface area contributed by atoms with Crippen LogP contribution in [0.25, 0.3) is 0 Å². The Labute approximate surface area is 87.4 Å². The summed E-state index contributed by atoms with van der Waals surface area (Å²) in [5.74, 6) is 0.831. The molecule has 1 aliphatic rings. The van der Waals surface area contributed by atoms with Crippen molar-refractivity contribution in [3.8, 4) is 0 Å². The highest BCUT2D eigenvalue weighted by Crippen LogP contribution is 2.21. The van der Waals surface area contributed by atoms with E-state index >= 15 is 0 Å². The Morgan fingerprint density at radius 2 is 2.23 bits per heavy atom. The van der Waals surface area contributed by atoms with E-state index in [1.54, 1.807) is 0 Å². The van der Waals surface area contributed by atoms with E-state index in [1.165, 1.54) is 51.6 Å². The van der Waals surface area contributed by atoms with Crippen molar-refractivity contribution in [2.75, 3.05) is 19.0 Å². The standard InChI is InChI=1S/C11H22ClN/c1-2-3-9-13-10-5-7-11(13)6-4-8-12/h11H,2-10H2,1H3. The van der Waals surface area contributed by atoms with Crippen LogP contribution in [0.4, 0.5) is 0 Å². The molecule has 78 valence electrons. The molecule has 0 aliphatic carbocycles. The second kappa shape index (κ2) is 6.67. The number of alkyl halides is 1. The molecule has 0 saturated carbocycles. The van der Waals surface area contributed by atoms with E-state index in [0.717, 1.165) is 11.9 Å². The average molecular weight is 204 g/mol. The molecule has 0 aromatic carbocycles. The summed E-state index contributed by atoms with van der Waals surface area (Å²) in [7, 11) is 0. The number of halogens is 1. The first-order valence-electron chi connectivity index (χ1n) is 5.68. The maximum atomic E-state index is 5.71. The Kier molecular flexibility index (Phi) is 5.81. The topological polar surface area (TPSA) is 3.24 Å². The molecule has 0 bridgehead atoms. The highest BCUT2D eigenvalue weighted by atomic mass is 35.5. The van der Waals surface area contributed by atoms with Crippen LogP contribution in [-0.2, 0) is 0 Å². The molecule has 13 heavy (non-hydrogen) atoms. The third-order valence-electron chi connectivity index (χ3n) is 2.97. The third-order valence-corrected chi connectivity index (χ3v) is 3.24. The van der Waals surface area contributed by atoms with E-state index in [4.69, 9.17) is 11.6 Å². The van der Waals surface area contributed by atoms with Gasteiger partial charge in [-0.2, -0.15) is 0 Å². The maximum Gasteiger partial charge on any atom is 0.0224 e. The lowest BCUT2D eigenvalue weighted by molar-refractivity contribution is 0.238. The van der Waals surface area contributed by atoms with E-state index in [9.17, 15) is 0 Å². The van der Waals surface area contributed by atoms with Gasteiger partial charge in [-0.25, -0.2) is 0 Å². The van der Waals surface area contributed by atoms with Gasteiger partial charge in [-0.3, -0.25) is 0 Å². The molecular weight excluding hydrogens is 182 g/mol. The van der Waals surface area contributed by atoms with Crippen LogP contribution in [0.2, 0.25) is 0 Å². The van der Waals surface area contributed by atoms with Gasteiger partial charge in [0.2, 0.25) is 0 Å². The summed E-state index contributed by atoms with van der Waals surface area (Å²) >= 11 is 5.71. The fourth-order valence-corrected chi connectivity index (χ4v) is 2.34. The van der Waals surface area contributed by atoms with Crippen molar-refractivity contribution < 1.29 is 0 Å². The van der Waals surface area contributed by atoms with Gasteiger partial charge in [0.15, 0.2) is 0 Å². The minimum Gasteiger partial charge on any atom is -0.300 e. The Hall–Kier alpha value is 0.250. The summed E-state index contributed by atoms with van der Waals surface area (Å²) in [6.07, 6.45) is 7.98. The molecule has 0 spiro atoms. The van der Waals surface area contributed by atoms with E-state index < -0.39 is 0 Å². The Morgan fingerprint density at radius 1 is 1.38 bits per heavy atom. The number of likely N-dealkylation sites (tertiary alicyclic amines) is 1. The molecular formula is C11H22ClN. The summed E-state index contributed by atoms with van der Waals surface area (Å²) in [4.78, 5) is 2.66. The smallest absolute Gasteiger partial charge is 0.0224 e. The molecule has 1 heterocycles. The first kappa shape index (κ1) is 11.3. The van der Waals surface area contributed by atoms with Gasteiger partial charge >= 0.3 is 0 Å². The summed E-state index contributed by atoms with van der Waals surface area (Å²) in [5.41, 5.74) is 0. The van der Waals surface area contributed by atoms with Crippen LogP contribution < -0.4 is 0 Å². The van der Waals surface area contributed by atoms with E-state index in [2.05, 4.69) is 11.8 Å². The molecule has 1 aliphatic heterocycles. The second-order valence-corrected chi connectivity index (χ2v) is 4.39. The second-order valence-electron chi connectivity index (χ2n) is 4.02. The van der Waals surface area contributed by atoms with Crippen LogP contribution in [0.3, 0.4) is 0 Å². The van der Waals surface area contributed by atoms with Gasteiger partial charge in [-0.05, 0) is 45.2 Å². The molecule has 1 rings (SSSR count). The van der Waals surface area contributed by atoms with Crippen molar-refractivity contribution >= 4 is 11.6 Å². The maximum absolute atomic E-state index is 5.71. The minimum atomic E-state index is 0.831. The number of hydrogen-bond donors (Lipinski definition) is 0. The van der Waals surface area contributed by atoms with Crippen molar-refractivity contribution in [1.29, 1.82) is 0 Å². The lowest BCUT2D eigenvalue weighted by Gasteiger charge is -2.23. The summed E-state index contributed by atoms with van der Waals surface area (Å²) in [6.45, 7) is 4.90. The monoisotopic (exact) mass is 203 g/mol. The molecule has 0 amide bonds. The van der Waals surface area contributed by atoms with Crippen LogP contribution in [-0.4, -0.2) is 29.9 Å². The molecule has 0 aromatic rings. The molecule has 0 N–H and O–H groups in total. The SMILES string of the molecule is CCCCN1CCCC1CCCCl. The molecule has 1 nitrogen and oxygen atoms in total. The number of nitrogens with zero attached hydrogens (tertiary/aromatic N) is 1. The fourth-order valence-electron chi connectivity index (χ4n) is 2.19. The highest BCUT2D eigenvalue weighted by molar-refractivity contribution is 6.17. The lowest BCUT2D eigenvalue weighted by Crippen LogP contribution is -2.30. The van der Waals surface area contributed by atoms with E-state index in [0.29, 0.717) is 0 Å². The zero-order valence-electron chi connectivity index (χ0n) is 8.77. The van der Waals surface area contributed by atoms with Gasteiger partial charge in [0.05, 0.1) is 0 Å². The van der Waals surface area contributed by atoms with Gasteiger partial charge in [0, 0.05) is 11.9 Å². The summed E-state index contributed by atoms with van der Waals surface area (Å²) in [5, 5.41) is 0. The van der Waals surface area contributed by atoms with Crippen molar-refractivity contribution in [2.45, 2.75) is 51.5 Å². The van der Waals surface area contributed by atoms with Gasteiger partial charge < -0.3 is 4.90 Å². The number of unbranched alkanes of at least 4 members (excludes halogenated alkanes) is 1. The first-order chi connectivity index (χ1) is 6.38. The molecule has 0 radical (unpaired) electrons. The number of rotatable bonds is 6. The molecule has 2 heteroatoms. The van der Waals surface area contributed by atoms with Crippen molar-refractivity contribution in [1.82, 2.24) is 4.90 Å². The van der Waals surface area contributed by atoms with Crippen LogP contribution >= 0.6 is 11.6 Å². The predicted molar refractivity (Wildman–Crippen MR) is 59.5 cm³/mol. The zero-order valence-corrected chi connectivity index (χ0v) is 9.52. The van der Waals surface area contributed by atoms with Gasteiger partial charge in [-0.1, -0.05) is 13.3 Å². The molecule has 1 fully saturated rings. The molecule has 1 atom stereocenters. The molecule has 1 saturated heterocycles. The number of hydrogen-bond acceptors (Lipinski definition) is 1. The molecule has 1 unspecified atom stereocenters. The molecule has 0 aromatic heterocycles. The van der Waals surface area contributed by atoms with E-state index in [1.807, 2.05) is 0 Å². The van der Waals surface area contributed by atoms with Crippen LogP contribution in [0.5, 0.6) is 0 Å². The van der Waals surface area contributed by atoms with Crippen molar-refractivity contribution in [3.05, 3.63) is 0 Å². The van der Waals surface area contributed by atoms with Gasteiger partial charge in [0.1, 0.15) is 0 Å². The predicted octanol–water partition coefficient (Wildman–Crippen LogP) is 3.27. The van der Waals surface area contributed by atoms with Crippen molar-refractivity contribution in [3.63, 3.8) is 0 Å². The summed E-state index contributed by atoms with van der Waals surface area (Å²) < 4.78 is 0. The Morgan fingerprint density at radius 3 is 2.92 bits per heavy atom. The van der Waals surface area contributed by atoms with Crippen LogP contribution in [0, 0.1) is 0 Å². The Bertz CT molecular complexity index is 113. The van der Waals surface area contributed by atoms with Gasteiger partial charge in [-0.15, -0.1) is 11.6 Å². The van der Waals surface area contributed by atoms with Crippen molar-refractivity contribution in [2.24, 2.45) is 0 Å². The van der Waals surface area contributed by atoms with Crippen LogP contribution in [0.1, 0.15) is 45.4 Å². The average Bonchev–Trinajstić information content (AvgIpc) is 2.59. The largest absolute Gasteiger partial charge is 0.300 e. The quantitative estimate of drug-likeness (QED) is 0.599. The summed E-state index contributed by atoms with van der Waals surface area (Å²) in [6, 6.07) is 0.852. The van der Waals surface area contributed by atoms with E-state index in [-0.39, 0.29) is 0 Å². The highest BCUT2D eigenvalue weighted by Gasteiger charge is 2.22. The minimum absolute atomic E-state index is 0.831. The first-order valence-corrected chi connectivity index (χ1v) is 6.22. The Balaban J connectivity index is 2.18. The zero-order chi connectivity index (χ0) is 9.52. The normalized spacial score (nSPS) is 24.0.